The van der Waals surface area contributed by atoms with Crippen LogP contribution in [-0.4, -0.2) is 25.3 Å². The highest BCUT2D eigenvalue weighted by atomic mass is 19.1. The van der Waals surface area contributed by atoms with Crippen LogP contribution < -0.4 is 0 Å². The normalized spacial score (nSPS) is 10.9. The van der Waals surface area contributed by atoms with Gasteiger partial charge in [0.1, 0.15) is 17.9 Å². The summed E-state index contributed by atoms with van der Waals surface area (Å²) in [4.78, 5) is 8.40. The zero-order valence-electron chi connectivity index (χ0n) is 12.3. The van der Waals surface area contributed by atoms with Gasteiger partial charge in [-0.1, -0.05) is 11.2 Å². The zero-order valence-corrected chi connectivity index (χ0v) is 12.3. The third kappa shape index (κ3) is 2.89. The minimum absolute atomic E-state index is 0.202. The monoisotopic (exact) mass is 323 g/mol. The Bertz CT molecular complexity index is 950. The zero-order chi connectivity index (χ0) is 16.4. The van der Waals surface area contributed by atoms with E-state index in [-0.39, 0.29) is 12.2 Å². The van der Waals surface area contributed by atoms with Crippen molar-refractivity contribution in [1.82, 2.24) is 25.3 Å². The molecule has 0 aliphatic heterocycles. The molecule has 4 rings (SSSR count). The first kappa shape index (κ1) is 14.2. The second-order valence-electron chi connectivity index (χ2n) is 4.91. The van der Waals surface area contributed by atoms with Crippen LogP contribution >= 0.6 is 0 Å². The van der Waals surface area contributed by atoms with Crippen molar-refractivity contribution in [2.24, 2.45) is 0 Å². The molecule has 0 aliphatic carbocycles. The van der Waals surface area contributed by atoms with Crippen molar-refractivity contribution >= 4 is 0 Å². The molecule has 7 nitrogen and oxygen atoms in total. The highest BCUT2D eigenvalue weighted by Gasteiger charge is 2.14. The fourth-order valence-corrected chi connectivity index (χ4v) is 2.09. The van der Waals surface area contributed by atoms with Crippen LogP contribution in [0.2, 0.25) is 0 Å². The molecule has 24 heavy (non-hydrogen) atoms. The summed E-state index contributed by atoms with van der Waals surface area (Å²) in [5.74, 6) is 1.03. The van der Waals surface area contributed by atoms with E-state index in [1.54, 1.807) is 30.5 Å². The van der Waals surface area contributed by atoms with Gasteiger partial charge in [-0.15, -0.1) is 10.2 Å². The van der Waals surface area contributed by atoms with Crippen LogP contribution in [0.25, 0.3) is 23.0 Å². The van der Waals surface area contributed by atoms with Crippen LogP contribution in [0, 0.1) is 5.82 Å². The molecule has 0 radical (unpaired) electrons. The highest BCUT2D eigenvalue weighted by Crippen LogP contribution is 2.20. The van der Waals surface area contributed by atoms with E-state index >= 15 is 0 Å². The van der Waals surface area contributed by atoms with E-state index in [1.807, 2.05) is 6.07 Å². The Kier molecular flexibility index (Phi) is 3.54. The summed E-state index contributed by atoms with van der Waals surface area (Å²) in [6.45, 7) is 0. The molecule has 1 aromatic carbocycles. The number of rotatable bonds is 4. The first-order chi connectivity index (χ1) is 11.8. The van der Waals surface area contributed by atoms with Gasteiger partial charge in [0.15, 0.2) is 0 Å². The SMILES string of the molecule is Fc1ccc(-c2nnc(Cc3nc(-c4ccccn4)no3)o2)cc1. The largest absolute Gasteiger partial charge is 0.420 e. The number of nitrogens with zero attached hydrogens (tertiary/aromatic N) is 5. The average Bonchev–Trinajstić information content (AvgIpc) is 3.27. The number of hydrogen-bond donors (Lipinski definition) is 0. The summed E-state index contributed by atoms with van der Waals surface area (Å²) in [6.07, 6.45) is 1.85. The highest BCUT2D eigenvalue weighted by molar-refractivity contribution is 5.52. The van der Waals surface area contributed by atoms with Gasteiger partial charge >= 0.3 is 0 Å². The Labute approximate surface area is 135 Å². The molecule has 0 saturated heterocycles. The van der Waals surface area contributed by atoms with Crippen LogP contribution in [0.4, 0.5) is 4.39 Å². The summed E-state index contributed by atoms with van der Waals surface area (Å²) >= 11 is 0. The van der Waals surface area contributed by atoms with Crippen LogP contribution in [0.1, 0.15) is 11.8 Å². The van der Waals surface area contributed by atoms with E-state index in [0.29, 0.717) is 34.8 Å². The number of pyridine rings is 1. The van der Waals surface area contributed by atoms with Crippen molar-refractivity contribution < 1.29 is 13.3 Å². The smallest absolute Gasteiger partial charge is 0.247 e. The van der Waals surface area contributed by atoms with E-state index < -0.39 is 0 Å². The first-order valence-electron chi connectivity index (χ1n) is 7.10. The summed E-state index contributed by atoms with van der Waals surface area (Å²) in [5.41, 5.74) is 1.25. The Balaban J connectivity index is 1.52. The lowest BCUT2D eigenvalue weighted by Gasteiger charge is -1.93. The summed E-state index contributed by atoms with van der Waals surface area (Å²) < 4.78 is 23.7. The van der Waals surface area contributed by atoms with Crippen LogP contribution in [0.3, 0.4) is 0 Å². The predicted octanol–water partition coefficient (Wildman–Crippen LogP) is 2.91. The van der Waals surface area contributed by atoms with Crippen LogP contribution in [0.15, 0.2) is 57.6 Å². The molecule has 0 aliphatic rings. The van der Waals surface area contributed by atoms with Crippen molar-refractivity contribution in [2.75, 3.05) is 0 Å². The first-order valence-corrected chi connectivity index (χ1v) is 7.10. The lowest BCUT2D eigenvalue weighted by molar-refractivity contribution is 0.374. The lowest BCUT2D eigenvalue weighted by atomic mass is 10.2. The van der Waals surface area contributed by atoms with Gasteiger partial charge in [0.25, 0.3) is 0 Å². The molecule has 0 bridgehead atoms. The Morgan fingerprint density at radius 2 is 1.83 bits per heavy atom. The van der Waals surface area contributed by atoms with Gasteiger partial charge in [0.05, 0.1) is 0 Å². The molecule has 8 heteroatoms. The summed E-state index contributed by atoms with van der Waals surface area (Å²) in [7, 11) is 0. The lowest BCUT2D eigenvalue weighted by Crippen LogP contribution is -1.89. The second-order valence-corrected chi connectivity index (χ2v) is 4.91. The van der Waals surface area contributed by atoms with E-state index in [4.69, 9.17) is 8.94 Å². The topological polar surface area (TPSA) is 90.7 Å². The minimum atomic E-state index is -0.327. The molecule has 118 valence electrons. The van der Waals surface area contributed by atoms with E-state index in [2.05, 4.69) is 25.3 Å². The molecule has 0 atom stereocenters. The molecule has 0 fully saturated rings. The van der Waals surface area contributed by atoms with Crippen molar-refractivity contribution in [2.45, 2.75) is 6.42 Å². The molecular weight excluding hydrogens is 313 g/mol. The Morgan fingerprint density at radius 3 is 2.62 bits per heavy atom. The summed E-state index contributed by atoms with van der Waals surface area (Å²) in [5, 5.41) is 11.8. The average molecular weight is 323 g/mol. The van der Waals surface area contributed by atoms with E-state index in [1.165, 1.54) is 12.1 Å². The maximum Gasteiger partial charge on any atom is 0.247 e. The number of hydrogen-bond acceptors (Lipinski definition) is 7. The molecule has 0 N–H and O–H groups in total. The van der Waals surface area contributed by atoms with Gasteiger partial charge in [-0.25, -0.2) is 4.39 Å². The maximum absolute atomic E-state index is 12.9. The number of benzene rings is 1. The van der Waals surface area contributed by atoms with Gasteiger partial charge in [-0.05, 0) is 36.4 Å². The van der Waals surface area contributed by atoms with Gasteiger partial charge in [0, 0.05) is 11.8 Å². The fraction of sp³-hybridized carbons (Fsp3) is 0.0625. The maximum atomic E-state index is 12.9. The Hall–Kier alpha value is -3.42. The number of halogens is 1. The molecule has 0 saturated carbocycles. The molecule has 3 heterocycles. The quantitative estimate of drug-likeness (QED) is 0.570. The molecular formula is C16H10FN5O2. The van der Waals surface area contributed by atoms with Crippen molar-refractivity contribution in [1.29, 1.82) is 0 Å². The van der Waals surface area contributed by atoms with Gasteiger partial charge < -0.3 is 8.94 Å². The summed E-state index contributed by atoms with van der Waals surface area (Å²) in [6, 6.07) is 11.2. The second kappa shape index (κ2) is 5.99. The molecule has 0 amide bonds. The van der Waals surface area contributed by atoms with Crippen LogP contribution in [0.5, 0.6) is 0 Å². The Morgan fingerprint density at radius 1 is 0.958 bits per heavy atom. The third-order valence-electron chi connectivity index (χ3n) is 3.22. The molecule has 3 aromatic heterocycles. The number of aromatic nitrogens is 5. The van der Waals surface area contributed by atoms with Crippen molar-refractivity contribution in [3.8, 4) is 23.0 Å². The van der Waals surface area contributed by atoms with Crippen molar-refractivity contribution in [3.63, 3.8) is 0 Å². The van der Waals surface area contributed by atoms with Crippen molar-refractivity contribution in [3.05, 3.63) is 66.3 Å². The predicted molar refractivity (Wildman–Crippen MR) is 80.0 cm³/mol. The minimum Gasteiger partial charge on any atom is -0.420 e. The van der Waals surface area contributed by atoms with Gasteiger partial charge in [-0.3, -0.25) is 4.98 Å². The van der Waals surface area contributed by atoms with Gasteiger partial charge in [0.2, 0.25) is 23.5 Å². The van der Waals surface area contributed by atoms with E-state index in [0.717, 1.165) is 0 Å². The fourth-order valence-electron chi connectivity index (χ4n) is 2.09. The standard InChI is InChI=1S/C16H10FN5O2/c17-11-6-4-10(5-7-11)16-21-20-14(23-16)9-13-19-15(22-24-13)12-3-1-2-8-18-12/h1-8H,9H2. The third-order valence-corrected chi connectivity index (χ3v) is 3.22. The molecule has 0 spiro atoms. The van der Waals surface area contributed by atoms with Crippen LogP contribution in [-0.2, 0) is 6.42 Å². The molecule has 0 unspecified atom stereocenters. The van der Waals surface area contributed by atoms with E-state index in [9.17, 15) is 4.39 Å². The molecule has 4 aromatic rings. The van der Waals surface area contributed by atoms with Gasteiger partial charge in [-0.2, -0.15) is 4.98 Å².